The summed E-state index contributed by atoms with van der Waals surface area (Å²) in [5.41, 5.74) is 3.32. The maximum Gasteiger partial charge on any atom is 0.271 e. The van der Waals surface area contributed by atoms with Gasteiger partial charge in [-0.1, -0.05) is 18.2 Å². The Balaban J connectivity index is 1.05. The molecule has 6 rings (SSSR count). The number of fused-ring (bicyclic) bond motifs is 1. The van der Waals surface area contributed by atoms with Crippen molar-refractivity contribution in [2.45, 2.75) is 38.2 Å². The van der Waals surface area contributed by atoms with Crippen molar-refractivity contribution in [2.75, 3.05) is 50.5 Å². The molecule has 2 atom stereocenters. The zero-order valence-electron chi connectivity index (χ0n) is 25.7. The van der Waals surface area contributed by atoms with Gasteiger partial charge in [-0.15, -0.1) is 0 Å². The Labute approximate surface area is 265 Å². The average Bonchev–Trinajstić information content (AvgIpc) is 3.30. The number of rotatable bonds is 8. The number of hydrogen-bond donors (Lipinski definition) is 3. The minimum atomic E-state index is -1.00. The Morgan fingerprint density at radius 1 is 1.04 bits per heavy atom. The number of nitrogens with one attached hydrogen (secondary N) is 2. The molecule has 13 heteroatoms. The second-order valence-electron chi connectivity index (χ2n) is 12.0. The number of piperidine rings is 1. The number of amides is 4. The van der Waals surface area contributed by atoms with E-state index in [9.17, 15) is 24.3 Å². The van der Waals surface area contributed by atoms with E-state index in [2.05, 4.69) is 25.4 Å². The molecule has 2 fully saturated rings. The molecule has 0 bridgehead atoms. The Kier molecular flexibility index (Phi) is 8.69. The number of aliphatic hydroxyl groups is 1. The molecule has 0 aliphatic carbocycles. The van der Waals surface area contributed by atoms with E-state index in [0.717, 1.165) is 42.3 Å². The lowest BCUT2D eigenvalue weighted by Gasteiger charge is -2.36. The summed E-state index contributed by atoms with van der Waals surface area (Å²) in [5.74, 6) is -2.25. The van der Waals surface area contributed by atoms with Crippen molar-refractivity contribution in [3.63, 3.8) is 0 Å². The van der Waals surface area contributed by atoms with Gasteiger partial charge in [0.2, 0.25) is 5.91 Å². The summed E-state index contributed by atoms with van der Waals surface area (Å²) in [4.78, 5) is 62.3. The van der Waals surface area contributed by atoms with Crippen molar-refractivity contribution in [3.05, 3.63) is 88.5 Å². The van der Waals surface area contributed by atoms with E-state index < -0.39 is 30.0 Å². The zero-order chi connectivity index (χ0) is 32.5. The first-order chi connectivity index (χ1) is 22.1. The van der Waals surface area contributed by atoms with Crippen LogP contribution in [0.25, 0.3) is 0 Å². The SMILES string of the molecule is CN(C)C(=O)c1ccc(N2CCN(Cc3ccc(CNc4cccc5c4C(=O)N(C4CCC(O)NC4=O)C5=O)c(F)c3)CC2)cn1. The number of halogens is 1. The van der Waals surface area contributed by atoms with E-state index in [4.69, 9.17) is 0 Å². The molecular weight excluding hydrogens is 593 g/mol. The third-order valence-electron chi connectivity index (χ3n) is 8.69. The van der Waals surface area contributed by atoms with Crippen molar-refractivity contribution >= 4 is 35.0 Å². The molecule has 3 aliphatic rings. The highest BCUT2D eigenvalue weighted by molar-refractivity contribution is 6.25. The molecule has 3 aromatic rings. The topological polar surface area (TPSA) is 138 Å². The first-order valence-corrected chi connectivity index (χ1v) is 15.3. The number of anilines is 2. The Bertz CT molecular complexity index is 1670. The molecule has 0 radical (unpaired) electrons. The van der Waals surface area contributed by atoms with Gasteiger partial charge in [-0.2, -0.15) is 0 Å². The van der Waals surface area contributed by atoms with Crippen LogP contribution >= 0.6 is 0 Å². The van der Waals surface area contributed by atoms with Crippen LogP contribution in [-0.4, -0.2) is 101 Å². The summed E-state index contributed by atoms with van der Waals surface area (Å²) in [5, 5.41) is 15.2. The van der Waals surface area contributed by atoms with Gasteiger partial charge < -0.3 is 25.5 Å². The van der Waals surface area contributed by atoms with Crippen LogP contribution in [0.5, 0.6) is 0 Å². The average molecular weight is 630 g/mol. The molecule has 3 N–H and O–H groups in total. The summed E-state index contributed by atoms with van der Waals surface area (Å²) >= 11 is 0. The highest BCUT2D eigenvalue weighted by Crippen LogP contribution is 2.33. The van der Waals surface area contributed by atoms with Crippen LogP contribution in [0, 0.1) is 5.82 Å². The zero-order valence-corrected chi connectivity index (χ0v) is 25.7. The van der Waals surface area contributed by atoms with Crippen LogP contribution in [-0.2, 0) is 17.9 Å². The number of carbonyl (C=O) groups is 4. The first-order valence-electron chi connectivity index (χ1n) is 15.3. The first kappa shape index (κ1) is 31.1. The lowest BCUT2D eigenvalue weighted by Crippen LogP contribution is -2.55. The van der Waals surface area contributed by atoms with Gasteiger partial charge in [-0.3, -0.25) is 29.0 Å². The van der Waals surface area contributed by atoms with Gasteiger partial charge >= 0.3 is 0 Å². The number of benzene rings is 2. The minimum absolute atomic E-state index is 0.0891. The molecule has 2 aromatic carbocycles. The fraction of sp³-hybridized carbons (Fsp3) is 0.364. The normalized spacial score (nSPS) is 20.0. The largest absolute Gasteiger partial charge is 0.380 e. The molecule has 2 saturated heterocycles. The highest BCUT2D eigenvalue weighted by atomic mass is 19.1. The molecule has 0 spiro atoms. The summed E-state index contributed by atoms with van der Waals surface area (Å²) in [6.07, 6.45) is 1.12. The number of pyridine rings is 1. The van der Waals surface area contributed by atoms with Crippen molar-refractivity contribution in [2.24, 2.45) is 0 Å². The van der Waals surface area contributed by atoms with Gasteiger partial charge in [-0.05, 0) is 48.7 Å². The standard InChI is InChI=1S/C33H36FN7O5/c1-38(2)32(45)26-9-8-22(18-36-26)40-14-12-39(13-15-40)19-20-6-7-21(24(34)16-20)17-35-25-5-3-4-23-29(25)33(46)41(31(23)44)27-10-11-28(42)37-30(27)43/h3-9,16,18,27-28,35,42H,10-15,17,19H2,1-2H3,(H,37,43). The van der Waals surface area contributed by atoms with Crippen LogP contribution in [0.2, 0.25) is 0 Å². The number of carbonyl (C=O) groups excluding carboxylic acids is 4. The fourth-order valence-corrected chi connectivity index (χ4v) is 6.13. The molecule has 240 valence electrons. The van der Waals surface area contributed by atoms with E-state index in [-0.39, 0.29) is 42.2 Å². The predicted octanol–water partition coefficient (Wildman–Crippen LogP) is 2.05. The van der Waals surface area contributed by atoms with Gasteiger partial charge in [0.15, 0.2) is 0 Å². The van der Waals surface area contributed by atoms with Gasteiger partial charge in [0, 0.05) is 64.6 Å². The third kappa shape index (κ3) is 6.15. The number of piperazine rings is 1. The van der Waals surface area contributed by atoms with Crippen LogP contribution in [0.15, 0.2) is 54.7 Å². The highest BCUT2D eigenvalue weighted by Gasteiger charge is 2.45. The number of imide groups is 1. The maximum absolute atomic E-state index is 15.2. The molecule has 3 aliphatic heterocycles. The number of aliphatic hydroxyl groups excluding tert-OH is 1. The smallest absolute Gasteiger partial charge is 0.271 e. The molecule has 12 nitrogen and oxygen atoms in total. The summed E-state index contributed by atoms with van der Waals surface area (Å²) in [6.45, 7) is 3.81. The fourth-order valence-electron chi connectivity index (χ4n) is 6.13. The number of aromatic nitrogens is 1. The van der Waals surface area contributed by atoms with Crippen LogP contribution < -0.4 is 15.5 Å². The molecular formula is C33H36FN7O5. The summed E-state index contributed by atoms with van der Waals surface area (Å²) < 4.78 is 15.2. The van der Waals surface area contributed by atoms with Gasteiger partial charge in [-0.25, -0.2) is 9.37 Å². The Morgan fingerprint density at radius 3 is 2.50 bits per heavy atom. The maximum atomic E-state index is 15.2. The quantitative estimate of drug-likeness (QED) is 0.320. The lowest BCUT2D eigenvalue weighted by molar-refractivity contribution is -0.131. The molecule has 4 heterocycles. The predicted molar refractivity (Wildman–Crippen MR) is 168 cm³/mol. The van der Waals surface area contributed by atoms with E-state index >= 15 is 4.39 Å². The summed E-state index contributed by atoms with van der Waals surface area (Å²) in [6, 6.07) is 12.6. The van der Waals surface area contributed by atoms with Crippen molar-refractivity contribution in [1.29, 1.82) is 0 Å². The van der Waals surface area contributed by atoms with Gasteiger partial charge in [0.05, 0.1) is 23.0 Å². The van der Waals surface area contributed by atoms with Crippen LogP contribution in [0.1, 0.15) is 55.2 Å². The summed E-state index contributed by atoms with van der Waals surface area (Å²) in [7, 11) is 3.39. The lowest BCUT2D eigenvalue weighted by atomic mass is 10.0. The Hall–Kier alpha value is -4.88. The number of hydrogen-bond acceptors (Lipinski definition) is 9. The van der Waals surface area contributed by atoms with Crippen molar-refractivity contribution in [1.82, 2.24) is 25.0 Å². The van der Waals surface area contributed by atoms with E-state index in [0.29, 0.717) is 23.5 Å². The second kappa shape index (κ2) is 12.9. The molecule has 46 heavy (non-hydrogen) atoms. The van der Waals surface area contributed by atoms with Crippen molar-refractivity contribution < 1.29 is 28.7 Å². The Morgan fingerprint density at radius 2 is 1.83 bits per heavy atom. The molecule has 2 unspecified atom stereocenters. The van der Waals surface area contributed by atoms with Crippen molar-refractivity contribution in [3.8, 4) is 0 Å². The minimum Gasteiger partial charge on any atom is -0.380 e. The van der Waals surface area contributed by atoms with E-state index in [1.54, 1.807) is 44.6 Å². The monoisotopic (exact) mass is 629 g/mol. The molecule has 1 aromatic heterocycles. The molecule has 0 saturated carbocycles. The third-order valence-corrected chi connectivity index (χ3v) is 8.69. The van der Waals surface area contributed by atoms with Gasteiger partial charge in [0.1, 0.15) is 23.8 Å². The van der Waals surface area contributed by atoms with E-state index in [1.807, 2.05) is 12.1 Å². The van der Waals surface area contributed by atoms with Crippen LogP contribution in [0.3, 0.4) is 0 Å². The second-order valence-corrected chi connectivity index (χ2v) is 12.0. The van der Waals surface area contributed by atoms with Crippen LogP contribution in [0.4, 0.5) is 15.8 Å². The molecule has 4 amide bonds. The number of nitrogens with zero attached hydrogens (tertiary/aromatic N) is 5. The van der Waals surface area contributed by atoms with Gasteiger partial charge in [0.25, 0.3) is 17.7 Å². The van der Waals surface area contributed by atoms with E-state index in [1.165, 1.54) is 17.0 Å².